The van der Waals surface area contributed by atoms with E-state index in [1.165, 1.54) is 44.7 Å². The Balaban J connectivity index is 0.00000182. The summed E-state index contributed by atoms with van der Waals surface area (Å²) in [6.45, 7) is 5.42. The van der Waals surface area contributed by atoms with E-state index >= 15 is 0 Å². The van der Waals surface area contributed by atoms with Crippen molar-refractivity contribution in [3.63, 3.8) is 0 Å². The molecule has 2 fully saturated rings. The third-order valence-electron chi connectivity index (χ3n) is 6.50. The van der Waals surface area contributed by atoms with Gasteiger partial charge in [0.2, 0.25) is 0 Å². The number of benzene rings is 1. The van der Waals surface area contributed by atoms with Crippen molar-refractivity contribution >= 4 is 5.78 Å². The number of rotatable bonds is 4. The second kappa shape index (κ2) is 7.80. The monoisotopic (exact) mass is 350 g/mol. The molecule has 2 aliphatic carbocycles. The number of ketones is 1. The molecule has 0 atom stereocenters. The zero-order chi connectivity index (χ0) is 18.0. The molecule has 0 radical (unpaired) electrons. The predicted molar refractivity (Wildman–Crippen MR) is 101 cm³/mol. The molecule has 0 aliphatic heterocycles. The van der Waals surface area contributed by atoms with Gasteiger partial charge in [-0.05, 0) is 87.7 Å². The van der Waals surface area contributed by atoms with Crippen molar-refractivity contribution < 1.29 is 16.4 Å². The third-order valence-corrected chi connectivity index (χ3v) is 6.50. The first-order valence-corrected chi connectivity index (χ1v) is 9.62. The zero-order valence-electron chi connectivity index (χ0n) is 15.1. The molecule has 2 saturated carbocycles. The van der Waals surface area contributed by atoms with Crippen LogP contribution >= 0.6 is 0 Å². The van der Waals surface area contributed by atoms with Gasteiger partial charge < -0.3 is 0 Å². The largest absolute Gasteiger partial charge is 0.294 e. The van der Waals surface area contributed by atoms with E-state index in [2.05, 4.69) is 12.7 Å². The molecule has 0 spiro atoms. The van der Waals surface area contributed by atoms with E-state index in [0.29, 0.717) is 11.8 Å². The summed E-state index contributed by atoms with van der Waals surface area (Å²) in [7, 11) is 0. The van der Waals surface area contributed by atoms with Crippen molar-refractivity contribution in [1.82, 2.24) is 0 Å². The lowest BCUT2D eigenvalue weighted by molar-refractivity contribution is 0.0829. The molecule has 0 heterocycles. The van der Waals surface area contributed by atoms with Crippen LogP contribution in [0.2, 0.25) is 0 Å². The number of halogens is 2. The second-order valence-electron chi connectivity index (χ2n) is 7.94. The summed E-state index contributed by atoms with van der Waals surface area (Å²) in [6, 6.07) is 2.94. The maximum Gasteiger partial charge on any atom is 0.169 e. The molecule has 25 heavy (non-hydrogen) atoms. The van der Waals surface area contributed by atoms with Crippen LogP contribution < -0.4 is 0 Å². The molecule has 0 aromatic heterocycles. The third kappa shape index (κ3) is 3.86. The van der Waals surface area contributed by atoms with Crippen molar-refractivity contribution in [1.29, 1.82) is 0 Å². The van der Waals surface area contributed by atoms with Gasteiger partial charge in [-0.25, -0.2) is 8.78 Å². The molecule has 0 unspecified atom stereocenters. The van der Waals surface area contributed by atoms with Crippen LogP contribution in [0.25, 0.3) is 0 Å². The second-order valence-corrected chi connectivity index (χ2v) is 7.94. The summed E-state index contributed by atoms with van der Waals surface area (Å²) in [5.41, 5.74) is 0.172. The summed E-state index contributed by atoms with van der Waals surface area (Å²) in [4.78, 5) is 12.6. The maximum atomic E-state index is 14.1. The number of hydrogen-bond donors (Lipinski definition) is 0. The molecule has 1 aromatic rings. The Bertz CT molecular complexity index is 646. The van der Waals surface area contributed by atoms with E-state index in [0.717, 1.165) is 31.6 Å². The molecule has 0 amide bonds. The maximum absolute atomic E-state index is 14.1. The van der Waals surface area contributed by atoms with E-state index in [4.69, 9.17) is 0 Å². The minimum Gasteiger partial charge on any atom is -0.294 e. The number of carbonyl (C=O) groups excluding carboxylic acids is 1. The fourth-order valence-electron chi connectivity index (χ4n) is 4.76. The number of aryl methyl sites for hydroxylation is 1. The SMILES string of the molecule is C=CC1CCC(C2CCC(C(=O)c3ccc(C)c(F)c3F)CC2)CC1.[HH].[HH]. The van der Waals surface area contributed by atoms with Crippen LogP contribution in [0.15, 0.2) is 24.8 Å². The highest BCUT2D eigenvalue weighted by atomic mass is 19.2. The molecular formula is C22H32F2O. The first kappa shape index (κ1) is 18.3. The van der Waals surface area contributed by atoms with Gasteiger partial charge in [-0.15, -0.1) is 6.58 Å². The van der Waals surface area contributed by atoms with E-state index in [9.17, 15) is 13.6 Å². The van der Waals surface area contributed by atoms with Crippen LogP contribution in [0, 0.1) is 42.2 Å². The van der Waals surface area contributed by atoms with E-state index in [-0.39, 0.29) is 25.7 Å². The molecular weight excluding hydrogens is 318 g/mol. The fourth-order valence-corrected chi connectivity index (χ4v) is 4.76. The Morgan fingerprint density at radius 1 is 1.00 bits per heavy atom. The number of carbonyl (C=O) groups is 1. The molecule has 3 rings (SSSR count). The fraction of sp³-hybridized carbons (Fsp3) is 0.591. The lowest BCUT2D eigenvalue weighted by Gasteiger charge is -2.37. The Hall–Kier alpha value is -1.51. The van der Waals surface area contributed by atoms with Gasteiger partial charge in [0, 0.05) is 8.77 Å². The van der Waals surface area contributed by atoms with E-state index < -0.39 is 11.6 Å². The summed E-state index contributed by atoms with van der Waals surface area (Å²) in [6.07, 6.45) is 10.8. The number of Topliss-reactive ketones (excluding diaryl/α,β-unsaturated/α-hetero) is 1. The van der Waals surface area contributed by atoms with Gasteiger partial charge in [0.15, 0.2) is 17.4 Å². The molecule has 0 N–H and O–H groups in total. The Labute approximate surface area is 152 Å². The minimum atomic E-state index is -0.977. The normalized spacial score (nSPS) is 30.0. The van der Waals surface area contributed by atoms with Crippen molar-refractivity contribution in [2.45, 2.75) is 58.3 Å². The standard InChI is InChI=1S/C22H28F2O.2H2/c1-3-15-5-7-16(8-6-15)17-9-11-18(12-10-17)22(25)19-13-4-14(2)20(23)21(19)24;;/h3-4,13,15-18H,1,5-12H2,2H3;2*1H. The van der Waals surface area contributed by atoms with Crippen LogP contribution in [0.5, 0.6) is 0 Å². The van der Waals surface area contributed by atoms with Gasteiger partial charge in [0.05, 0.1) is 5.56 Å². The molecule has 1 nitrogen and oxygen atoms in total. The smallest absolute Gasteiger partial charge is 0.169 e. The predicted octanol–water partition coefficient (Wildman–Crippen LogP) is 6.75. The Morgan fingerprint density at radius 3 is 2.12 bits per heavy atom. The van der Waals surface area contributed by atoms with Gasteiger partial charge in [-0.2, -0.15) is 0 Å². The van der Waals surface area contributed by atoms with Crippen LogP contribution in [0.4, 0.5) is 8.78 Å². The molecule has 0 saturated heterocycles. The van der Waals surface area contributed by atoms with Crippen LogP contribution in [0.3, 0.4) is 0 Å². The summed E-state index contributed by atoms with van der Waals surface area (Å²) in [5, 5.41) is 0. The van der Waals surface area contributed by atoms with Gasteiger partial charge in [0.1, 0.15) is 0 Å². The van der Waals surface area contributed by atoms with E-state index in [1.54, 1.807) is 0 Å². The molecule has 140 valence electrons. The molecule has 3 heteroatoms. The molecule has 2 aliphatic rings. The van der Waals surface area contributed by atoms with E-state index in [1.807, 2.05) is 0 Å². The van der Waals surface area contributed by atoms with Gasteiger partial charge in [0.25, 0.3) is 0 Å². The van der Waals surface area contributed by atoms with Crippen LogP contribution in [-0.2, 0) is 0 Å². The van der Waals surface area contributed by atoms with Crippen molar-refractivity contribution in [2.75, 3.05) is 0 Å². The average Bonchev–Trinajstić information content (AvgIpc) is 2.66. The summed E-state index contributed by atoms with van der Waals surface area (Å²) >= 11 is 0. The summed E-state index contributed by atoms with van der Waals surface area (Å²) < 4.78 is 27.9. The first-order valence-electron chi connectivity index (χ1n) is 9.62. The Morgan fingerprint density at radius 2 is 1.56 bits per heavy atom. The van der Waals surface area contributed by atoms with Crippen molar-refractivity contribution in [3.05, 3.63) is 47.5 Å². The lowest BCUT2D eigenvalue weighted by Crippen LogP contribution is -2.28. The average molecular weight is 350 g/mol. The van der Waals surface area contributed by atoms with Gasteiger partial charge >= 0.3 is 0 Å². The minimum absolute atomic E-state index is 0. The van der Waals surface area contributed by atoms with Gasteiger partial charge in [-0.3, -0.25) is 4.79 Å². The summed E-state index contributed by atoms with van der Waals surface area (Å²) in [5.74, 6) is -0.111. The van der Waals surface area contributed by atoms with Crippen LogP contribution in [0.1, 0.15) is 70.1 Å². The number of allylic oxidation sites excluding steroid dienone is 1. The quantitative estimate of drug-likeness (QED) is 0.434. The number of hydrogen-bond acceptors (Lipinski definition) is 1. The molecule has 1 aromatic carbocycles. The Kier molecular flexibility index (Phi) is 5.71. The highest BCUT2D eigenvalue weighted by molar-refractivity contribution is 5.98. The first-order chi connectivity index (χ1) is 12.0. The van der Waals surface area contributed by atoms with Crippen LogP contribution in [-0.4, -0.2) is 5.78 Å². The van der Waals surface area contributed by atoms with Crippen molar-refractivity contribution in [3.8, 4) is 0 Å². The topological polar surface area (TPSA) is 17.1 Å². The highest BCUT2D eigenvalue weighted by Crippen LogP contribution is 2.42. The van der Waals surface area contributed by atoms with Crippen molar-refractivity contribution in [2.24, 2.45) is 23.7 Å². The zero-order valence-corrected chi connectivity index (χ0v) is 15.1. The highest BCUT2D eigenvalue weighted by Gasteiger charge is 2.33. The molecule has 0 bridgehead atoms. The van der Waals surface area contributed by atoms with Gasteiger partial charge in [-0.1, -0.05) is 12.1 Å². The lowest BCUT2D eigenvalue weighted by atomic mass is 9.68.